The normalized spacial score (nSPS) is 17.7. The molecule has 0 aliphatic carbocycles. The summed E-state index contributed by atoms with van der Waals surface area (Å²) in [6, 6.07) is 18.7. The molecule has 36 heavy (non-hydrogen) atoms. The van der Waals surface area contributed by atoms with Gasteiger partial charge in [-0.05, 0) is 81.6 Å². The Balaban J connectivity index is 1.17. The highest BCUT2D eigenvalue weighted by Gasteiger charge is 2.29. The van der Waals surface area contributed by atoms with E-state index >= 15 is 0 Å². The van der Waals surface area contributed by atoms with Gasteiger partial charge in [-0.25, -0.2) is 9.97 Å². The number of piperidine rings is 1. The molecule has 0 radical (unpaired) electrons. The number of para-hydroxylation sites is 2. The summed E-state index contributed by atoms with van der Waals surface area (Å²) in [5, 5.41) is 2.86. The first-order valence-electron chi connectivity index (χ1n) is 12.2. The van der Waals surface area contributed by atoms with Gasteiger partial charge in [0.15, 0.2) is 6.61 Å². The third kappa shape index (κ3) is 4.93. The van der Waals surface area contributed by atoms with Gasteiger partial charge in [-0.1, -0.05) is 12.1 Å². The molecule has 8 heteroatoms. The van der Waals surface area contributed by atoms with Gasteiger partial charge in [-0.15, -0.1) is 0 Å². The number of hydrogen-bond donors (Lipinski definition) is 1. The molecule has 1 saturated heterocycles. The topological polar surface area (TPSA) is 89.4 Å². The van der Waals surface area contributed by atoms with Gasteiger partial charge < -0.3 is 15.0 Å². The maximum absolute atomic E-state index is 12.7. The number of anilines is 1. The molecule has 1 fully saturated rings. The summed E-state index contributed by atoms with van der Waals surface area (Å²) in [5.41, 5.74) is 2.93. The summed E-state index contributed by atoms with van der Waals surface area (Å²) in [5.74, 6) is 1.01. The molecule has 2 atom stereocenters. The molecule has 3 heterocycles. The van der Waals surface area contributed by atoms with Crippen LogP contribution in [0.5, 0.6) is 5.75 Å². The summed E-state index contributed by atoms with van der Waals surface area (Å²) in [6.45, 7) is 4.16. The Morgan fingerprint density at radius 1 is 0.972 bits per heavy atom. The second-order valence-corrected chi connectivity index (χ2v) is 9.21. The van der Waals surface area contributed by atoms with Crippen molar-refractivity contribution in [1.29, 1.82) is 0 Å². The maximum Gasteiger partial charge on any atom is 0.260 e. The van der Waals surface area contributed by atoms with Gasteiger partial charge in [0.2, 0.25) is 0 Å². The zero-order valence-corrected chi connectivity index (χ0v) is 20.4. The average Bonchev–Trinajstić information content (AvgIpc) is 3.32. The predicted octanol–water partition coefficient (Wildman–Crippen LogP) is 4.84. The standard InChI is InChI=1S/C28H29N5O3/c1-19-6-5-7-20(2)33(19)27(34)17-36-23-13-10-21(11-14-23)28(35)31-22-12-15-26(29-16-22)32-18-30-24-8-3-4-9-25(24)32/h3-4,8-16,18-20H,5-7,17H2,1-2H3,(H,31,35). The molecule has 2 amide bonds. The lowest BCUT2D eigenvalue weighted by atomic mass is 9.97. The Morgan fingerprint density at radius 3 is 2.44 bits per heavy atom. The lowest BCUT2D eigenvalue weighted by Crippen LogP contribution is -2.49. The van der Waals surface area contributed by atoms with Crippen LogP contribution in [0, 0.1) is 0 Å². The molecule has 184 valence electrons. The van der Waals surface area contributed by atoms with E-state index in [-0.39, 0.29) is 30.5 Å². The lowest BCUT2D eigenvalue weighted by molar-refractivity contribution is -0.139. The summed E-state index contributed by atoms with van der Waals surface area (Å²) in [6.07, 6.45) is 6.56. The van der Waals surface area contributed by atoms with Crippen LogP contribution in [0.15, 0.2) is 73.2 Å². The number of rotatable bonds is 6. The van der Waals surface area contributed by atoms with Crippen LogP contribution in [0.1, 0.15) is 43.5 Å². The molecule has 0 saturated carbocycles. The second kappa shape index (κ2) is 10.2. The molecule has 5 rings (SSSR count). The number of likely N-dealkylation sites (tertiary alicyclic amines) is 1. The van der Waals surface area contributed by atoms with Crippen molar-refractivity contribution in [2.24, 2.45) is 0 Å². The van der Waals surface area contributed by atoms with E-state index in [4.69, 9.17) is 4.74 Å². The predicted molar refractivity (Wildman–Crippen MR) is 138 cm³/mol. The number of pyridine rings is 1. The van der Waals surface area contributed by atoms with Gasteiger partial charge in [0, 0.05) is 17.6 Å². The highest BCUT2D eigenvalue weighted by molar-refractivity contribution is 6.04. The van der Waals surface area contributed by atoms with Crippen molar-refractivity contribution in [2.45, 2.75) is 45.2 Å². The number of aromatic nitrogens is 3. The van der Waals surface area contributed by atoms with Crippen LogP contribution in [0.25, 0.3) is 16.9 Å². The van der Waals surface area contributed by atoms with Crippen LogP contribution >= 0.6 is 0 Å². The van der Waals surface area contributed by atoms with Gasteiger partial charge in [-0.3, -0.25) is 14.2 Å². The van der Waals surface area contributed by atoms with Crippen molar-refractivity contribution >= 4 is 28.5 Å². The first kappa shape index (κ1) is 23.5. The van der Waals surface area contributed by atoms with Crippen LogP contribution in [0.4, 0.5) is 5.69 Å². The number of carbonyl (C=O) groups excluding carboxylic acids is 2. The fourth-order valence-electron chi connectivity index (χ4n) is 4.78. The molecule has 2 unspecified atom stereocenters. The highest BCUT2D eigenvalue weighted by atomic mass is 16.5. The molecule has 2 aromatic carbocycles. The number of fused-ring (bicyclic) bond motifs is 1. The van der Waals surface area contributed by atoms with E-state index in [1.54, 1.807) is 42.9 Å². The average molecular weight is 484 g/mol. The minimum absolute atomic E-state index is 0.00356. The summed E-state index contributed by atoms with van der Waals surface area (Å²) >= 11 is 0. The first-order chi connectivity index (χ1) is 17.5. The minimum Gasteiger partial charge on any atom is -0.484 e. The molecular formula is C28H29N5O3. The van der Waals surface area contributed by atoms with E-state index in [2.05, 4.69) is 29.1 Å². The fourth-order valence-corrected chi connectivity index (χ4v) is 4.78. The molecule has 1 aliphatic heterocycles. The Morgan fingerprint density at radius 2 is 1.72 bits per heavy atom. The Labute approximate surface area is 209 Å². The van der Waals surface area contributed by atoms with Gasteiger partial charge in [-0.2, -0.15) is 0 Å². The second-order valence-electron chi connectivity index (χ2n) is 9.21. The number of hydrogen-bond acceptors (Lipinski definition) is 5. The number of imidazole rings is 1. The molecule has 0 spiro atoms. The zero-order chi connectivity index (χ0) is 25.1. The zero-order valence-electron chi connectivity index (χ0n) is 20.4. The number of benzene rings is 2. The van der Waals surface area contributed by atoms with E-state index in [9.17, 15) is 9.59 Å². The van der Waals surface area contributed by atoms with Crippen molar-refractivity contribution < 1.29 is 14.3 Å². The fraction of sp³-hybridized carbons (Fsp3) is 0.286. The number of nitrogens with zero attached hydrogens (tertiary/aromatic N) is 4. The molecule has 8 nitrogen and oxygen atoms in total. The Bertz CT molecular complexity index is 1350. The van der Waals surface area contributed by atoms with Crippen LogP contribution in [0.3, 0.4) is 0 Å². The van der Waals surface area contributed by atoms with Crippen LogP contribution < -0.4 is 10.1 Å². The van der Waals surface area contributed by atoms with E-state index in [0.29, 0.717) is 22.8 Å². The minimum atomic E-state index is -0.253. The molecule has 1 N–H and O–H groups in total. The number of nitrogens with one attached hydrogen (secondary N) is 1. The molecule has 4 aromatic rings. The van der Waals surface area contributed by atoms with Crippen molar-refractivity contribution in [2.75, 3.05) is 11.9 Å². The Kier molecular flexibility index (Phi) is 6.66. The first-order valence-corrected chi connectivity index (χ1v) is 12.2. The van der Waals surface area contributed by atoms with E-state index in [0.717, 1.165) is 30.3 Å². The van der Waals surface area contributed by atoms with E-state index in [1.807, 2.05) is 39.8 Å². The monoisotopic (exact) mass is 483 g/mol. The van der Waals surface area contributed by atoms with Crippen molar-refractivity contribution in [1.82, 2.24) is 19.4 Å². The van der Waals surface area contributed by atoms with Crippen molar-refractivity contribution in [3.63, 3.8) is 0 Å². The van der Waals surface area contributed by atoms with Crippen LogP contribution in [-0.2, 0) is 4.79 Å². The van der Waals surface area contributed by atoms with Gasteiger partial charge in [0.25, 0.3) is 11.8 Å². The number of amides is 2. The van der Waals surface area contributed by atoms with Crippen molar-refractivity contribution in [3.8, 4) is 11.6 Å². The third-order valence-corrected chi connectivity index (χ3v) is 6.67. The van der Waals surface area contributed by atoms with Crippen LogP contribution in [0.2, 0.25) is 0 Å². The van der Waals surface area contributed by atoms with E-state index < -0.39 is 0 Å². The number of carbonyl (C=O) groups is 2. The van der Waals surface area contributed by atoms with E-state index in [1.165, 1.54) is 0 Å². The summed E-state index contributed by atoms with van der Waals surface area (Å²) in [4.78, 5) is 36.2. The maximum atomic E-state index is 12.7. The molecule has 1 aliphatic rings. The van der Waals surface area contributed by atoms with Gasteiger partial charge in [0.05, 0.1) is 22.9 Å². The summed E-state index contributed by atoms with van der Waals surface area (Å²) in [7, 11) is 0. The van der Waals surface area contributed by atoms with Crippen LogP contribution in [-0.4, -0.2) is 49.9 Å². The highest BCUT2D eigenvalue weighted by Crippen LogP contribution is 2.23. The van der Waals surface area contributed by atoms with Gasteiger partial charge in [0.1, 0.15) is 17.9 Å². The quantitative estimate of drug-likeness (QED) is 0.424. The SMILES string of the molecule is CC1CCCC(C)N1C(=O)COc1ccc(C(=O)Nc2ccc(-n3cnc4ccccc43)nc2)cc1. The van der Waals surface area contributed by atoms with Crippen molar-refractivity contribution in [3.05, 3.63) is 78.8 Å². The molecule has 0 bridgehead atoms. The molecule has 2 aromatic heterocycles. The molecular weight excluding hydrogens is 454 g/mol. The Hall–Kier alpha value is -4.20. The lowest BCUT2D eigenvalue weighted by Gasteiger charge is -2.38. The largest absolute Gasteiger partial charge is 0.484 e. The third-order valence-electron chi connectivity index (χ3n) is 6.67. The smallest absolute Gasteiger partial charge is 0.260 e. The number of ether oxygens (including phenoxy) is 1. The summed E-state index contributed by atoms with van der Waals surface area (Å²) < 4.78 is 7.61. The van der Waals surface area contributed by atoms with Gasteiger partial charge >= 0.3 is 0 Å².